The molecule has 7 nitrogen and oxygen atoms in total. The van der Waals surface area contributed by atoms with Gasteiger partial charge in [0.05, 0.1) is 18.7 Å². The van der Waals surface area contributed by atoms with Gasteiger partial charge in [0.1, 0.15) is 11.4 Å². The Morgan fingerprint density at radius 2 is 2.04 bits per heavy atom. The third-order valence-corrected chi connectivity index (χ3v) is 4.45. The summed E-state index contributed by atoms with van der Waals surface area (Å²) in [6.07, 6.45) is 0.869. The molecule has 0 bridgehead atoms. The third kappa shape index (κ3) is 4.45. The molecule has 0 saturated heterocycles. The normalized spacial score (nSPS) is 10.9. The zero-order valence-corrected chi connectivity index (χ0v) is 15.7. The lowest BCUT2D eigenvalue weighted by molar-refractivity contribution is 0.0945. The number of methoxy groups -OCH3 is 1. The van der Waals surface area contributed by atoms with Crippen LogP contribution in [0.2, 0.25) is 0 Å². The molecule has 136 valence electrons. The molecule has 8 heteroatoms. The van der Waals surface area contributed by atoms with Crippen LogP contribution in [-0.2, 0) is 13.0 Å². The Bertz CT molecular complexity index is 871. The van der Waals surface area contributed by atoms with Gasteiger partial charge in [-0.05, 0) is 30.2 Å². The van der Waals surface area contributed by atoms with E-state index in [0.717, 1.165) is 22.7 Å². The lowest BCUT2D eigenvalue weighted by atomic mass is 10.1. The van der Waals surface area contributed by atoms with Crippen molar-refractivity contribution in [1.82, 2.24) is 20.4 Å². The zero-order chi connectivity index (χ0) is 18.5. The standard InChI is InChI=1S/C18H20N4O3S/c1-11(2)8-16-20-14(10-26-16)17(23)19-9-15-21-18(25-22-15)12-4-6-13(24-3)7-5-12/h4-7,10-11H,8-9H2,1-3H3,(H,19,23). The zero-order valence-electron chi connectivity index (χ0n) is 14.9. The fraction of sp³-hybridized carbons (Fsp3) is 0.333. The highest BCUT2D eigenvalue weighted by molar-refractivity contribution is 7.09. The van der Waals surface area contributed by atoms with Crippen LogP contribution < -0.4 is 10.1 Å². The molecular weight excluding hydrogens is 352 g/mol. The second-order valence-electron chi connectivity index (χ2n) is 6.15. The van der Waals surface area contributed by atoms with Crippen LogP contribution in [0.25, 0.3) is 11.5 Å². The number of rotatable bonds is 7. The van der Waals surface area contributed by atoms with E-state index in [2.05, 4.69) is 34.3 Å². The maximum atomic E-state index is 12.2. The van der Waals surface area contributed by atoms with Gasteiger partial charge >= 0.3 is 0 Å². The summed E-state index contributed by atoms with van der Waals surface area (Å²) in [5.41, 5.74) is 1.21. The van der Waals surface area contributed by atoms with Gasteiger partial charge in [0.15, 0.2) is 5.82 Å². The van der Waals surface area contributed by atoms with Crippen LogP contribution >= 0.6 is 11.3 Å². The van der Waals surface area contributed by atoms with E-state index in [9.17, 15) is 4.79 Å². The van der Waals surface area contributed by atoms with E-state index in [4.69, 9.17) is 9.26 Å². The quantitative estimate of drug-likeness (QED) is 0.684. The molecule has 2 aromatic heterocycles. The third-order valence-electron chi connectivity index (χ3n) is 3.58. The summed E-state index contributed by atoms with van der Waals surface area (Å²) in [5, 5.41) is 9.39. The first kappa shape index (κ1) is 18.1. The SMILES string of the molecule is COc1ccc(-c2nc(CNC(=O)c3csc(CC(C)C)n3)no2)cc1. The average Bonchev–Trinajstić information content (AvgIpc) is 3.29. The van der Waals surface area contributed by atoms with E-state index in [1.807, 2.05) is 24.3 Å². The van der Waals surface area contributed by atoms with Gasteiger partial charge in [-0.25, -0.2) is 4.98 Å². The maximum absolute atomic E-state index is 12.2. The molecule has 1 aromatic carbocycles. The van der Waals surface area contributed by atoms with Gasteiger partial charge in [0.2, 0.25) is 0 Å². The first-order valence-corrected chi connectivity index (χ1v) is 9.12. The first-order valence-electron chi connectivity index (χ1n) is 8.24. The highest BCUT2D eigenvalue weighted by Gasteiger charge is 2.14. The highest BCUT2D eigenvalue weighted by Crippen LogP contribution is 2.20. The van der Waals surface area contributed by atoms with Crippen molar-refractivity contribution in [3.8, 4) is 17.2 Å². The molecule has 3 aromatic rings. The minimum atomic E-state index is -0.243. The van der Waals surface area contributed by atoms with Crippen molar-refractivity contribution < 1.29 is 14.1 Å². The molecule has 0 aliphatic rings. The molecule has 0 spiro atoms. The molecule has 1 amide bonds. The lowest BCUT2D eigenvalue weighted by Crippen LogP contribution is -2.23. The number of carbonyl (C=O) groups is 1. The molecule has 26 heavy (non-hydrogen) atoms. The van der Waals surface area contributed by atoms with Gasteiger partial charge in [0, 0.05) is 17.4 Å². The van der Waals surface area contributed by atoms with E-state index in [-0.39, 0.29) is 12.5 Å². The smallest absolute Gasteiger partial charge is 0.271 e. The van der Waals surface area contributed by atoms with Crippen molar-refractivity contribution in [2.24, 2.45) is 5.92 Å². The van der Waals surface area contributed by atoms with E-state index >= 15 is 0 Å². The summed E-state index contributed by atoms with van der Waals surface area (Å²) < 4.78 is 10.4. The number of hydrogen-bond donors (Lipinski definition) is 1. The van der Waals surface area contributed by atoms with Crippen molar-refractivity contribution >= 4 is 17.2 Å². The highest BCUT2D eigenvalue weighted by atomic mass is 32.1. The van der Waals surface area contributed by atoms with Crippen molar-refractivity contribution in [1.29, 1.82) is 0 Å². The fourth-order valence-corrected chi connectivity index (χ4v) is 3.27. The molecular formula is C18H20N4O3S. The lowest BCUT2D eigenvalue weighted by Gasteiger charge is -2.00. The molecule has 0 aliphatic carbocycles. The number of benzene rings is 1. The summed E-state index contributed by atoms with van der Waals surface area (Å²) in [6, 6.07) is 7.30. The van der Waals surface area contributed by atoms with Crippen molar-refractivity contribution in [3.05, 3.63) is 46.2 Å². The number of hydrogen-bond acceptors (Lipinski definition) is 7. The Kier molecular flexibility index (Phi) is 5.62. The van der Waals surface area contributed by atoms with Gasteiger partial charge in [-0.3, -0.25) is 4.79 Å². The Hall–Kier alpha value is -2.74. The van der Waals surface area contributed by atoms with Crippen LogP contribution in [0.15, 0.2) is 34.2 Å². The summed E-state index contributed by atoms with van der Waals surface area (Å²) in [5.74, 6) is 1.81. The van der Waals surface area contributed by atoms with E-state index in [0.29, 0.717) is 23.3 Å². The Labute approximate surface area is 155 Å². The molecule has 0 saturated carbocycles. The number of carbonyl (C=O) groups excluding carboxylic acids is 1. The van der Waals surface area contributed by atoms with Crippen LogP contribution in [0.1, 0.15) is 35.2 Å². The van der Waals surface area contributed by atoms with Gasteiger partial charge in [0.25, 0.3) is 11.8 Å². The Morgan fingerprint density at radius 3 is 2.73 bits per heavy atom. The summed E-state index contributed by atoms with van der Waals surface area (Å²) in [4.78, 5) is 20.9. The van der Waals surface area contributed by atoms with Gasteiger partial charge in [-0.1, -0.05) is 19.0 Å². The summed E-state index contributed by atoms with van der Waals surface area (Å²) in [7, 11) is 1.61. The number of thiazole rings is 1. The van der Waals surface area contributed by atoms with Crippen LogP contribution in [0.5, 0.6) is 5.75 Å². The molecule has 1 N–H and O–H groups in total. The van der Waals surface area contributed by atoms with Crippen molar-refractivity contribution in [3.63, 3.8) is 0 Å². The van der Waals surface area contributed by atoms with E-state index in [1.165, 1.54) is 11.3 Å². The first-order chi connectivity index (χ1) is 12.5. The monoisotopic (exact) mass is 372 g/mol. The van der Waals surface area contributed by atoms with E-state index < -0.39 is 0 Å². The fourth-order valence-electron chi connectivity index (χ4n) is 2.28. The molecule has 3 rings (SSSR count). The number of amides is 1. The Balaban J connectivity index is 1.58. The van der Waals surface area contributed by atoms with Gasteiger partial charge in [-0.2, -0.15) is 4.98 Å². The van der Waals surface area contributed by atoms with Crippen LogP contribution in [-0.4, -0.2) is 28.1 Å². The Morgan fingerprint density at radius 1 is 1.27 bits per heavy atom. The van der Waals surface area contributed by atoms with Crippen molar-refractivity contribution in [2.45, 2.75) is 26.8 Å². The molecule has 0 fully saturated rings. The van der Waals surface area contributed by atoms with Crippen molar-refractivity contribution in [2.75, 3.05) is 7.11 Å². The van der Waals surface area contributed by atoms with Gasteiger partial charge < -0.3 is 14.6 Å². The number of nitrogens with zero attached hydrogens (tertiary/aromatic N) is 3. The molecule has 0 radical (unpaired) electrons. The van der Waals surface area contributed by atoms with E-state index in [1.54, 1.807) is 12.5 Å². The molecule has 0 aliphatic heterocycles. The topological polar surface area (TPSA) is 90.1 Å². The largest absolute Gasteiger partial charge is 0.497 e. The van der Waals surface area contributed by atoms with Gasteiger partial charge in [-0.15, -0.1) is 11.3 Å². The number of aromatic nitrogens is 3. The minimum absolute atomic E-state index is 0.176. The summed E-state index contributed by atoms with van der Waals surface area (Å²) in [6.45, 7) is 4.42. The molecule has 2 heterocycles. The molecule has 0 unspecified atom stereocenters. The second kappa shape index (κ2) is 8.09. The van der Waals surface area contributed by atoms with Crippen LogP contribution in [0, 0.1) is 5.92 Å². The maximum Gasteiger partial charge on any atom is 0.271 e. The number of ether oxygens (including phenoxy) is 1. The predicted octanol–water partition coefficient (Wildman–Crippen LogP) is 3.33. The predicted molar refractivity (Wildman–Crippen MR) is 98.1 cm³/mol. The minimum Gasteiger partial charge on any atom is -0.497 e. The number of nitrogens with one attached hydrogen (secondary N) is 1. The van der Waals surface area contributed by atoms with Crippen LogP contribution in [0.4, 0.5) is 0 Å². The summed E-state index contributed by atoms with van der Waals surface area (Å²) >= 11 is 1.50. The van der Waals surface area contributed by atoms with Crippen LogP contribution in [0.3, 0.4) is 0 Å². The molecule has 0 atom stereocenters. The average molecular weight is 372 g/mol. The second-order valence-corrected chi connectivity index (χ2v) is 7.09.